The molecule has 132 valence electrons. The van der Waals surface area contributed by atoms with Crippen molar-refractivity contribution in [3.05, 3.63) is 42.0 Å². The average Bonchev–Trinajstić information content (AvgIpc) is 3.40. The first-order chi connectivity index (χ1) is 12.6. The van der Waals surface area contributed by atoms with E-state index in [9.17, 15) is 14.4 Å². The van der Waals surface area contributed by atoms with Gasteiger partial charge < -0.3 is 5.11 Å². The van der Waals surface area contributed by atoms with Gasteiger partial charge in [-0.2, -0.15) is 0 Å². The Morgan fingerprint density at radius 3 is 1.92 bits per heavy atom. The zero-order chi connectivity index (χ0) is 17.7. The second-order valence-electron chi connectivity index (χ2n) is 8.58. The summed E-state index contributed by atoms with van der Waals surface area (Å²) in [6.07, 6.45) is 6.92. The van der Waals surface area contributed by atoms with Gasteiger partial charge in [0, 0.05) is 0 Å². The van der Waals surface area contributed by atoms with Crippen molar-refractivity contribution in [1.29, 1.82) is 0 Å². The van der Waals surface area contributed by atoms with E-state index >= 15 is 0 Å². The van der Waals surface area contributed by atoms with Gasteiger partial charge in [-0.3, -0.25) is 14.5 Å². The summed E-state index contributed by atoms with van der Waals surface area (Å²) in [6.45, 7) is 0. The molecule has 5 nitrogen and oxygen atoms in total. The highest BCUT2D eigenvalue weighted by Gasteiger charge is 2.71. The van der Waals surface area contributed by atoms with E-state index in [0.29, 0.717) is 41.2 Å². The highest BCUT2D eigenvalue weighted by Crippen LogP contribution is 2.70. The molecular formula is C21H19NO4. The lowest BCUT2D eigenvalue weighted by molar-refractivity contribution is -0.123. The number of aromatic carboxylic acids is 1. The molecule has 1 heterocycles. The number of imide groups is 1. The highest BCUT2D eigenvalue weighted by molar-refractivity contribution is 6.22. The number of fused-ring (bicyclic) bond motifs is 12. The van der Waals surface area contributed by atoms with Crippen LogP contribution in [-0.4, -0.2) is 22.9 Å². The molecule has 6 rings (SSSR count). The van der Waals surface area contributed by atoms with Crippen LogP contribution >= 0.6 is 0 Å². The Morgan fingerprint density at radius 1 is 0.885 bits per heavy atom. The van der Waals surface area contributed by atoms with E-state index in [0.717, 1.165) is 6.42 Å². The van der Waals surface area contributed by atoms with E-state index in [1.165, 1.54) is 23.5 Å². The van der Waals surface area contributed by atoms with Crippen LogP contribution in [0.2, 0.25) is 0 Å². The first-order valence-corrected chi connectivity index (χ1v) is 9.46. The molecule has 26 heavy (non-hydrogen) atoms. The second-order valence-corrected chi connectivity index (χ2v) is 8.58. The maximum atomic E-state index is 13.2. The molecule has 3 saturated carbocycles. The molecule has 4 fully saturated rings. The predicted molar refractivity (Wildman–Crippen MR) is 92.2 cm³/mol. The van der Waals surface area contributed by atoms with Crippen molar-refractivity contribution >= 4 is 23.5 Å². The SMILES string of the molecule is O=C(O)c1ccc(N2C(=O)[C@@H]3[C@H]4C[C@@H]([C@@H]3C2=O)[C@H]2[C@H]4[C@H]3C=C[C@H]2C3)cc1. The number of carbonyl (C=O) groups excluding carboxylic acids is 2. The number of rotatable bonds is 2. The van der Waals surface area contributed by atoms with Gasteiger partial charge in [0.2, 0.25) is 11.8 Å². The number of anilines is 1. The van der Waals surface area contributed by atoms with Crippen molar-refractivity contribution in [2.45, 2.75) is 12.8 Å². The summed E-state index contributed by atoms with van der Waals surface area (Å²) < 4.78 is 0. The van der Waals surface area contributed by atoms with E-state index in [4.69, 9.17) is 5.11 Å². The first-order valence-electron chi connectivity index (χ1n) is 9.46. The van der Waals surface area contributed by atoms with E-state index in [1.807, 2.05) is 0 Å². The molecule has 0 radical (unpaired) electrons. The number of hydrogen-bond acceptors (Lipinski definition) is 3. The van der Waals surface area contributed by atoms with Gasteiger partial charge in [-0.05, 0) is 72.6 Å². The molecule has 5 heteroatoms. The molecule has 1 aromatic rings. The quantitative estimate of drug-likeness (QED) is 0.506. The Kier molecular flexibility index (Phi) is 2.63. The largest absolute Gasteiger partial charge is 0.478 e. The fourth-order valence-corrected chi connectivity index (χ4v) is 7.13. The minimum atomic E-state index is -1.01. The molecule has 4 aliphatic carbocycles. The lowest BCUT2D eigenvalue weighted by Gasteiger charge is -2.36. The summed E-state index contributed by atoms with van der Waals surface area (Å²) in [5.74, 6) is 1.58. The van der Waals surface area contributed by atoms with E-state index in [-0.39, 0.29) is 29.2 Å². The van der Waals surface area contributed by atoms with Crippen molar-refractivity contribution < 1.29 is 19.5 Å². The third-order valence-electron chi connectivity index (χ3n) is 7.81. The number of carboxylic acids is 1. The van der Waals surface area contributed by atoms with Crippen LogP contribution in [0, 0.1) is 47.3 Å². The van der Waals surface area contributed by atoms with Crippen LogP contribution in [0.3, 0.4) is 0 Å². The fraction of sp³-hybridized carbons (Fsp3) is 0.476. The van der Waals surface area contributed by atoms with Crippen molar-refractivity contribution in [1.82, 2.24) is 0 Å². The van der Waals surface area contributed by atoms with Gasteiger partial charge in [0.1, 0.15) is 0 Å². The van der Waals surface area contributed by atoms with Crippen LogP contribution in [0.1, 0.15) is 23.2 Å². The van der Waals surface area contributed by atoms with Crippen molar-refractivity contribution in [2.24, 2.45) is 47.3 Å². The maximum Gasteiger partial charge on any atom is 0.335 e. The zero-order valence-corrected chi connectivity index (χ0v) is 14.1. The van der Waals surface area contributed by atoms with E-state index in [1.54, 1.807) is 12.1 Å². The molecule has 0 aromatic heterocycles. The molecule has 8 atom stereocenters. The summed E-state index contributed by atoms with van der Waals surface area (Å²) >= 11 is 0. The van der Waals surface area contributed by atoms with Gasteiger partial charge in [0.25, 0.3) is 0 Å². The van der Waals surface area contributed by atoms with E-state index in [2.05, 4.69) is 12.2 Å². The Hall–Kier alpha value is -2.43. The molecule has 2 amide bonds. The maximum absolute atomic E-state index is 13.2. The molecule has 1 saturated heterocycles. The van der Waals surface area contributed by atoms with Gasteiger partial charge in [-0.25, -0.2) is 4.79 Å². The number of allylic oxidation sites excluding steroid dienone is 2. The number of carboxylic acid groups (broad SMARTS) is 1. The molecule has 0 spiro atoms. The number of hydrogen-bond donors (Lipinski definition) is 1. The van der Waals surface area contributed by atoms with Gasteiger partial charge in [0.05, 0.1) is 23.1 Å². The molecule has 1 aromatic carbocycles. The van der Waals surface area contributed by atoms with Gasteiger partial charge in [-0.1, -0.05) is 12.2 Å². The average molecular weight is 349 g/mol. The number of nitrogens with zero attached hydrogens (tertiary/aromatic N) is 1. The van der Waals surface area contributed by atoms with Crippen LogP contribution in [0.25, 0.3) is 0 Å². The fourth-order valence-electron chi connectivity index (χ4n) is 7.13. The highest BCUT2D eigenvalue weighted by atomic mass is 16.4. The predicted octanol–water partition coefficient (Wildman–Crippen LogP) is 2.58. The molecule has 0 unspecified atom stereocenters. The molecule has 1 N–H and O–H groups in total. The van der Waals surface area contributed by atoms with Crippen molar-refractivity contribution in [2.75, 3.05) is 4.90 Å². The van der Waals surface area contributed by atoms with E-state index < -0.39 is 5.97 Å². The standard InChI is InChI=1S/C21H19NO4/c23-19-17-13-8-14(16-11-2-1-10(7-11)15(13)16)18(17)20(24)22(19)12-5-3-9(4-6-12)21(25)26/h1-6,10-11,13-18H,7-8H2,(H,25,26)/t10-,11-,13-,14+,15-,16-,17+,18-/m0/s1. The van der Waals surface area contributed by atoms with Crippen LogP contribution in [0.4, 0.5) is 5.69 Å². The molecule has 1 aliphatic heterocycles. The minimum absolute atomic E-state index is 0.0687. The minimum Gasteiger partial charge on any atom is -0.478 e. The van der Waals surface area contributed by atoms with Crippen LogP contribution in [-0.2, 0) is 9.59 Å². The number of carbonyl (C=O) groups is 3. The lowest BCUT2D eigenvalue weighted by atomic mass is 9.65. The van der Waals surface area contributed by atoms with Crippen LogP contribution in [0.5, 0.6) is 0 Å². The van der Waals surface area contributed by atoms with Gasteiger partial charge in [0.15, 0.2) is 0 Å². The van der Waals surface area contributed by atoms with Gasteiger partial charge >= 0.3 is 5.97 Å². The molecular weight excluding hydrogens is 330 g/mol. The third kappa shape index (κ3) is 1.56. The molecule has 4 bridgehead atoms. The van der Waals surface area contributed by atoms with Gasteiger partial charge in [-0.15, -0.1) is 0 Å². The smallest absolute Gasteiger partial charge is 0.335 e. The van der Waals surface area contributed by atoms with Crippen LogP contribution < -0.4 is 4.90 Å². The first kappa shape index (κ1) is 14.7. The molecule has 5 aliphatic rings. The second kappa shape index (κ2) is 4.64. The topological polar surface area (TPSA) is 74.7 Å². The van der Waals surface area contributed by atoms with Crippen molar-refractivity contribution in [3.8, 4) is 0 Å². The summed E-state index contributed by atoms with van der Waals surface area (Å²) in [6, 6.07) is 6.07. The Labute approximate surface area is 150 Å². The Balaban J connectivity index is 1.36. The monoisotopic (exact) mass is 349 g/mol. The summed E-state index contributed by atoms with van der Waals surface area (Å²) in [7, 11) is 0. The summed E-state index contributed by atoms with van der Waals surface area (Å²) in [5.41, 5.74) is 0.662. The van der Waals surface area contributed by atoms with Crippen molar-refractivity contribution in [3.63, 3.8) is 0 Å². The normalized spacial score (nSPS) is 44.1. The zero-order valence-electron chi connectivity index (χ0n) is 14.1. The number of benzene rings is 1. The summed E-state index contributed by atoms with van der Waals surface area (Å²) in [4.78, 5) is 38.7. The summed E-state index contributed by atoms with van der Waals surface area (Å²) in [5, 5.41) is 9.05. The Morgan fingerprint density at radius 2 is 1.42 bits per heavy atom. The lowest BCUT2D eigenvalue weighted by Crippen LogP contribution is -2.38. The Bertz CT molecular complexity index is 846. The van der Waals surface area contributed by atoms with Crippen LogP contribution in [0.15, 0.2) is 36.4 Å². The third-order valence-corrected chi connectivity index (χ3v) is 7.81. The number of amides is 2.